The molecule has 0 aromatic heterocycles. The van der Waals surface area contributed by atoms with Crippen molar-refractivity contribution in [2.45, 2.75) is 30.2 Å². The zero-order chi connectivity index (χ0) is 15.0. The fourth-order valence-corrected chi connectivity index (χ4v) is 3.95. The SMILES string of the molecule is Nc1cc(S(=O)(=O)NCC2CCN(C3CC3)C2)ccc1F. The van der Waals surface area contributed by atoms with E-state index in [9.17, 15) is 12.8 Å². The molecule has 1 atom stereocenters. The van der Waals surface area contributed by atoms with Gasteiger partial charge in [0, 0.05) is 19.1 Å². The standard InChI is InChI=1S/C14H20FN3O2S/c15-13-4-3-12(7-14(13)16)21(19,20)17-8-10-5-6-18(9-10)11-1-2-11/h3-4,7,10-11,17H,1-2,5-6,8-9,16H2. The van der Waals surface area contributed by atoms with Crippen molar-refractivity contribution < 1.29 is 12.8 Å². The Balaban J connectivity index is 1.59. The van der Waals surface area contributed by atoms with Gasteiger partial charge < -0.3 is 10.6 Å². The van der Waals surface area contributed by atoms with E-state index in [1.807, 2.05) is 0 Å². The summed E-state index contributed by atoms with van der Waals surface area (Å²) in [4.78, 5) is 2.45. The third-order valence-corrected chi connectivity index (χ3v) is 5.64. The van der Waals surface area contributed by atoms with Gasteiger partial charge in [-0.25, -0.2) is 17.5 Å². The molecule has 2 fully saturated rings. The predicted molar refractivity (Wildman–Crippen MR) is 78.7 cm³/mol. The summed E-state index contributed by atoms with van der Waals surface area (Å²) in [5.74, 6) is -0.261. The van der Waals surface area contributed by atoms with Gasteiger partial charge in [0.2, 0.25) is 10.0 Å². The summed E-state index contributed by atoms with van der Waals surface area (Å²) in [5, 5.41) is 0. The minimum absolute atomic E-state index is 0.0124. The Kier molecular flexibility index (Phi) is 3.90. The van der Waals surface area contributed by atoms with Crippen LogP contribution in [0.15, 0.2) is 23.1 Å². The van der Waals surface area contributed by atoms with Crippen LogP contribution in [0.1, 0.15) is 19.3 Å². The van der Waals surface area contributed by atoms with Gasteiger partial charge in [-0.15, -0.1) is 0 Å². The number of nitrogen functional groups attached to an aromatic ring is 1. The molecule has 1 aliphatic heterocycles. The van der Waals surface area contributed by atoms with Gasteiger partial charge in [0.15, 0.2) is 0 Å². The molecule has 1 aliphatic carbocycles. The number of nitrogens with zero attached hydrogens (tertiary/aromatic N) is 1. The molecule has 1 aromatic rings. The highest BCUT2D eigenvalue weighted by atomic mass is 32.2. The van der Waals surface area contributed by atoms with E-state index in [2.05, 4.69) is 9.62 Å². The molecule has 1 saturated carbocycles. The van der Waals surface area contributed by atoms with E-state index in [1.165, 1.54) is 18.9 Å². The van der Waals surface area contributed by atoms with Gasteiger partial charge in [-0.2, -0.15) is 0 Å². The maximum absolute atomic E-state index is 13.1. The topological polar surface area (TPSA) is 75.4 Å². The maximum atomic E-state index is 13.1. The van der Waals surface area contributed by atoms with Crippen LogP contribution in [0.2, 0.25) is 0 Å². The first kappa shape index (κ1) is 14.7. The van der Waals surface area contributed by atoms with Crippen molar-refractivity contribution in [1.29, 1.82) is 0 Å². The Morgan fingerprint density at radius 2 is 2.10 bits per heavy atom. The smallest absolute Gasteiger partial charge is 0.240 e. The molecular weight excluding hydrogens is 293 g/mol. The highest BCUT2D eigenvalue weighted by Crippen LogP contribution is 2.31. The summed E-state index contributed by atoms with van der Waals surface area (Å²) in [5.41, 5.74) is 5.27. The minimum atomic E-state index is -3.62. The lowest BCUT2D eigenvalue weighted by Crippen LogP contribution is -2.31. The second-order valence-corrected chi connectivity index (χ2v) is 7.68. The first-order valence-electron chi connectivity index (χ1n) is 7.24. The van der Waals surface area contributed by atoms with Crippen molar-refractivity contribution in [2.75, 3.05) is 25.4 Å². The van der Waals surface area contributed by atoms with Crippen LogP contribution >= 0.6 is 0 Å². The second-order valence-electron chi connectivity index (χ2n) is 5.92. The first-order valence-corrected chi connectivity index (χ1v) is 8.73. The van der Waals surface area contributed by atoms with Gasteiger partial charge in [-0.1, -0.05) is 0 Å². The molecule has 0 amide bonds. The third-order valence-electron chi connectivity index (χ3n) is 4.22. The second kappa shape index (κ2) is 5.55. The molecule has 2 aliphatic rings. The third kappa shape index (κ3) is 3.36. The number of anilines is 1. The average molecular weight is 313 g/mol. The Bertz CT molecular complexity index is 631. The minimum Gasteiger partial charge on any atom is -0.396 e. The van der Waals surface area contributed by atoms with E-state index in [1.54, 1.807) is 0 Å². The van der Waals surface area contributed by atoms with Gasteiger partial charge in [-0.3, -0.25) is 0 Å². The van der Waals surface area contributed by atoms with E-state index in [0.29, 0.717) is 12.5 Å². The summed E-state index contributed by atoms with van der Waals surface area (Å²) in [6, 6.07) is 4.19. The largest absolute Gasteiger partial charge is 0.396 e. The van der Waals surface area contributed by atoms with Crippen LogP contribution in [0.25, 0.3) is 0 Å². The normalized spacial score (nSPS) is 23.6. The molecule has 0 radical (unpaired) electrons. The van der Waals surface area contributed by atoms with Gasteiger partial charge in [-0.05, 0) is 49.9 Å². The molecule has 3 rings (SSSR count). The molecule has 1 aromatic carbocycles. The summed E-state index contributed by atoms with van der Waals surface area (Å²) >= 11 is 0. The van der Waals surface area contributed by atoms with Gasteiger partial charge in [0.1, 0.15) is 5.82 Å². The summed E-state index contributed by atoms with van der Waals surface area (Å²) in [6.07, 6.45) is 3.56. The number of sulfonamides is 1. The molecule has 1 saturated heterocycles. The molecule has 3 N–H and O–H groups in total. The Hall–Kier alpha value is -1.18. The predicted octanol–water partition coefficient (Wildman–Crippen LogP) is 1.17. The number of rotatable bonds is 5. The van der Waals surface area contributed by atoms with Crippen LogP contribution in [-0.2, 0) is 10.0 Å². The van der Waals surface area contributed by atoms with Crippen molar-refractivity contribution in [3.8, 4) is 0 Å². The fourth-order valence-electron chi connectivity index (χ4n) is 2.80. The van der Waals surface area contributed by atoms with E-state index in [4.69, 9.17) is 5.73 Å². The molecule has 5 nitrogen and oxygen atoms in total. The maximum Gasteiger partial charge on any atom is 0.240 e. The van der Waals surface area contributed by atoms with Crippen molar-refractivity contribution in [3.05, 3.63) is 24.0 Å². The van der Waals surface area contributed by atoms with Gasteiger partial charge in [0.05, 0.1) is 10.6 Å². The molecule has 1 unspecified atom stereocenters. The quantitative estimate of drug-likeness (QED) is 0.800. The lowest BCUT2D eigenvalue weighted by Gasteiger charge is -2.15. The Labute approximate surface area is 124 Å². The number of halogens is 1. The average Bonchev–Trinajstić information content (AvgIpc) is 3.19. The van der Waals surface area contributed by atoms with Crippen molar-refractivity contribution >= 4 is 15.7 Å². The number of hydrogen-bond acceptors (Lipinski definition) is 4. The zero-order valence-electron chi connectivity index (χ0n) is 11.8. The first-order chi connectivity index (χ1) is 9.95. The zero-order valence-corrected chi connectivity index (χ0v) is 12.6. The highest BCUT2D eigenvalue weighted by Gasteiger charge is 2.34. The van der Waals surface area contributed by atoms with E-state index in [-0.39, 0.29) is 10.6 Å². The Morgan fingerprint density at radius 3 is 2.76 bits per heavy atom. The van der Waals surface area contributed by atoms with E-state index in [0.717, 1.165) is 37.7 Å². The van der Waals surface area contributed by atoms with Crippen LogP contribution < -0.4 is 10.5 Å². The van der Waals surface area contributed by atoms with Crippen molar-refractivity contribution in [1.82, 2.24) is 9.62 Å². The number of likely N-dealkylation sites (tertiary alicyclic amines) is 1. The van der Waals surface area contributed by atoms with Crippen LogP contribution in [0.4, 0.5) is 10.1 Å². The highest BCUT2D eigenvalue weighted by molar-refractivity contribution is 7.89. The molecule has 0 spiro atoms. The molecule has 1 heterocycles. The molecule has 7 heteroatoms. The number of benzene rings is 1. The van der Waals surface area contributed by atoms with Crippen molar-refractivity contribution in [2.24, 2.45) is 5.92 Å². The number of nitrogens with one attached hydrogen (secondary N) is 1. The van der Waals surface area contributed by atoms with Crippen LogP contribution in [0, 0.1) is 11.7 Å². The number of hydrogen-bond donors (Lipinski definition) is 2. The van der Waals surface area contributed by atoms with E-state index < -0.39 is 15.8 Å². The van der Waals surface area contributed by atoms with Crippen LogP contribution in [0.3, 0.4) is 0 Å². The summed E-state index contributed by atoms with van der Waals surface area (Å²) in [6.45, 7) is 2.43. The molecular formula is C14H20FN3O2S. The van der Waals surface area contributed by atoms with Gasteiger partial charge in [0.25, 0.3) is 0 Å². The monoisotopic (exact) mass is 313 g/mol. The number of nitrogens with two attached hydrogens (primary N) is 1. The molecule has 0 bridgehead atoms. The lowest BCUT2D eigenvalue weighted by molar-refractivity contribution is 0.314. The summed E-state index contributed by atoms with van der Waals surface area (Å²) < 4.78 is 40.1. The van der Waals surface area contributed by atoms with Crippen LogP contribution in [0.5, 0.6) is 0 Å². The molecule has 21 heavy (non-hydrogen) atoms. The van der Waals surface area contributed by atoms with E-state index >= 15 is 0 Å². The van der Waals surface area contributed by atoms with Gasteiger partial charge >= 0.3 is 0 Å². The lowest BCUT2D eigenvalue weighted by atomic mass is 10.1. The molecule has 116 valence electrons. The fraction of sp³-hybridized carbons (Fsp3) is 0.571. The van der Waals surface area contributed by atoms with Crippen LogP contribution in [-0.4, -0.2) is 39.0 Å². The summed E-state index contributed by atoms with van der Waals surface area (Å²) in [7, 11) is -3.62. The Morgan fingerprint density at radius 1 is 1.33 bits per heavy atom. The van der Waals surface area contributed by atoms with Crippen molar-refractivity contribution in [3.63, 3.8) is 0 Å².